The number of hydrogen-bond donors (Lipinski definition) is 2. The van der Waals surface area contributed by atoms with Crippen LogP contribution in [-0.4, -0.2) is 30.1 Å². The van der Waals surface area contributed by atoms with Crippen molar-refractivity contribution in [3.05, 3.63) is 64.9 Å². The summed E-state index contributed by atoms with van der Waals surface area (Å²) in [6, 6.07) is 12.0. The second kappa shape index (κ2) is 8.60. The number of halogens is 1. The predicted octanol–water partition coefficient (Wildman–Crippen LogP) is 3.24. The van der Waals surface area contributed by atoms with Crippen molar-refractivity contribution in [1.29, 1.82) is 0 Å². The number of esters is 1. The zero-order valence-corrected chi connectivity index (χ0v) is 15.2. The van der Waals surface area contributed by atoms with Crippen LogP contribution in [0.15, 0.2) is 53.1 Å². The fraction of sp³-hybridized carbons (Fsp3) is 0.200. The van der Waals surface area contributed by atoms with Gasteiger partial charge < -0.3 is 19.6 Å². The number of ether oxygens (including phenoxy) is 1. The van der Waals surface area contributed by atoms with E-state index in [0.717, 1.165) is 10.9 Å². The molecule has 140 valence electrons. The van der Waals surface area contributed by atoms with Gasteiger partial charge in [0.15, 0.2) is 6.61 Å². The number of phenols is 1. The van der Waals surface area contributed by atoms with Crippen LogP contribution in [0.25, 0.3) is 11.0 Å². The standard InChI is InChI=1S/C20H18ClNO5/c21-15-3-1-13(2-4-15)7-8-22-19(24)12-27-20(25)9-14-11-26-18-10-16(23)5-6-17(14)18/h1-6,10-11,23H,7-9,12H2,(H,22,24). The molecule has 0 aliphatic heterocycles. The summed E-state index contributed by atoms with van der Waals surface area (Å²) < 4.78 is 10.3. The lowest BCUT2D eigenvalue weighted by atomic mass is 10.1. The van der Waals surface area contributed by atoms with E-state index in [9.17, 15) is 14.7 Å². The minimum Gasteiger partial charge on any atom is -0.508 e. The third-order valence-electron chi connectivity index (χ3n) is 3.99. The Morgan fingerprint density at radius 2 is 1.93 bits per heavy atom. The third kappa shape index (κ3) is 5.24. The highest BCUT2D eigenvalue weighted by Crippen LogP contribution is 2.25. The highest BCUT2D eigenvalue weighted by atomic mass is 35.5. The summed E-state index contributed by atoms with van der Waals surface area (Å²) in [4.78, 5) is 23.7. The van der Waals surface area contributed by atoms with Gasteiger partial charge in [0.05, 0.1) is 12.7 Å². The SMILES string of the molecule is O=C(COC(=O)Cc1coc2cc(O)ccc12)NCCc1ccc(Cl)cc1. The number of carbonyl (C=O) groups excluding carboxylic acids is 2. The lowest BCUT2D eigenvalue weighted by Crippen LogP contribution is -2.30. The lowest BCUT2D eigenvalue weighted by Gasteiger charge is -2.07. The Morgan fingerprint density at radius 1 is 1.15 bits per heavy atom. The molecule has 0 aliphatic rings. The van der Waals surface area contributed by atoms with Gasteiger partial charge in [-0.1, -0.05) is 23.7 Å². The van der Waals surface area contributed by atoms with E-state index in [4.69, 9.17) is 20.8 Å². The van der Waals surface area contributed by atoms with Gasteiger partial charge >= 0.3 is 5.97 Å². The monoisotopic (exact) mass is 387 g/mol. The molecule has 0 saturated carbocycles. The molecule has 0 aliphatic carbocycles. The van der Waals surface area contributed by atoms with Crippen LogP contribution in [-0.2, 0) is 27.2 Å². The quantitative estimate of drug-likeness (QED) is 0.607. The highest BCUT2D eigenvalue weighted by Gasteiger charge is 2.13. The van der Waals surface area contributed by atoms with Crippen LogP contribution in [0.4, 0.5) is 0 Å². The Hall–Kier alpha value is -2.99. The van der Waals surface area contributed by atoms with Gasteiger partial charge in [0.25, 0.3) is 5.91 Å². The summed E-state index contributed by atoms with van der Waals surface area (Å²) in [6.45, 7) is 0.101. The molecule has 1 amide bonds. The second-order valence-corrected chi connectivity index (χ2v) is 6.44. The molecule has 7 heteroatoms. The first kappa shape index (κ1) is 18.8. The number of carbonyl (C=O) groups is 2. The molecule has 1 heterocycles. The zero-order valence-electron chi connectivity index (χ0n) is 14.4. The van der Waals surface area contributed by atoms with E-state index in [1.54, 1.807) is 18.2 Å². The summed E-state index contributed by atoms with van der Waals surface area (Å²) in [5, 5.41) is 13.5. The smallest absolute Gasteiger partial charge is 0.310 e. The number of amides is 1. The van der Waals surface area contributed by atoms with Crippen molar-refractivity contribution in [2.24, 2.45) is 0 Å². The molecule has 6 nitrogen and oxygen atoms in total. The van der Waals surface area contributed by atoms with E-state index in [1.807, 2.05) is 12.1 Å². The van der Waals surface area contributed by atoms with Crippen LogP contribution in [0, 0.1) is 0 Å². The van der Waals surface area contributed by atoms with E-state index in [-0.39, 0.29) is 24.7 Å². The van der Waals surface area contributed by atoms with Gasteiger partial charge in [-0.2, -0.15) is 0 Å². The predicted molar refractivity (Wildman–Crippen MR) is 101 cm³/mol. The Kier molecular flexibility index (Phi) is 5.98. The first-order valence-electron chi connectivity index (χ1n) is 8.37. The first-order valence-corrected chi connectivity index (χ1v) is 8.75. The fourth-order valence-electron chi connectivity index (χ4n) is 2.61. The Morgan fingerprint density at radius 3 is 2.70 bits per heavy atom. The van der Waals surface area contributed by atoms with Gasteiger partial charge in [0.1, 0.15) is 11.3 Å². The molecular formula is C20H18ClNO5. The van der Waals surface area contributed by atoms with Crippen molar-refractivity contribution in [2.45, 2.75) is 12.8 Å². The van der Waals surface area contributed by atoms with E-state index in [1.165, 1.54) is 18.4 Å². The number of phenolic OH excluding ortho intramolecular Hbond substituents is 1. The molecule has 3 rings (SSSR count). The molecule has 27 heavy (non-hydrogen) atoms. The minimum absolute atomic E-state index is 0.0180. The average Bonchev–Trinajstić information content (AvgIpc) is 3.03. The van der Waals surface area contributed by atoms with Gasteiger partial charge in [-0.05, 0) is 36.2 Å². The molecule has 2 aromatic carbocycles. The van der Waals surface area contributed by atoms with Crippen molar-refractivity contribution in [1.82, 2.24) is 5.32 Å². The lowest BCUT2D eigenvalue weighted by molar-refractivity contribution is -0.147. The number of hydrogen-bond acceptors (Lipinski definition) is 5. The van der Waals surface area contributed by atoms with Crippen LogP contribution in [0.3, 0.4) is 0 Å². The van der Waals surface area contributed by atoms with Crippen LogP contribution in [0.2, 0.25) is 5.02 Å². The number of benzene rings is 2. The van der Waals surface area contributed by atoms with Crippen LogP contribution in [0.5, 0.6) is 5.75 Å². The van der Waals surface area contributed by atoms with Crippen LogP contribution >= 0.6 is 11.6 Å². The number of furan rings is 1. The zero-order chi connectivity index (χ0) is 19.2. The van der Waals surface area contributed by atoms with Gasteiger partial charge in [-0.3, -0.25) is 9.59 Å². The minimum atomic E-state index is -0.529. The summed E-state index contributed by atoms with van der Waals surface area (Å²) in [5.41, 5.74) is 2.17. The van der Waals surface area contributed by atoms with Crippen LogP contribution < -0.4 is 5.32 Å². The molecule has 0 unspecified atom stereocenters. The number of nitrogens with one attached hydrogen (secondary N) is 1. The van der Waals surface area contributed by atoms with Gasteiger partial charge in [-0.15, -0.1) is 0 Å². The molecule has 0 atom stereocenters. The number of rotatable bonds is 7. The summed E-state index contributed by atoms with van der Waals surface area (Å²) >= 11 is 5.82. The normalized spacial score (nSPS) is 10.7. The van der Waals surface area contributed by atoms with E-state index in [0.29, 0.717) is 29.1 Å². The topological polar surface area (TPSA) is 88.8 Å². The first-order chi connectivity index (χ1) is 13.0. The van der Waals surface area contributed by atoms with Crippen molar-refractivity contribution < 1.29 is 23.8 Å². The highest BCUT2D eigenvalue weighted by molar-refractivity contribution is 6.30. The van der Waals surface area contributed by atoms with Crippen LogP contribution in [0.1, 0.15) is 11.1 Å². The molecule has 0 radical (unpaired) electrons. The molecule has 0 saturated heterocycles. The average molecular weight is 388 g/mol. The van der Waals surface area contributed by atoms with E-state index >= 15 is 0 Å². The Balaban J connectivity index is 1.41. The van der Waals surface area contributed by atoms with Gasteiger partial charge in [-0.25, -0.2) is 0 Å². The van der Waals surface area contributed by atoms with Crippen molar-refractivity contribution in [3.63, 3.8) is 0 Å². The van der Waals surface area contributed by atoms with E-state index < -0.39 is 5.97 Å². The van der Waals surface area contributed by atoms with Gasteiger partial charge in [0.2, 0.25) is 0 Å². The molecule has 3 aromatic rings. The summed E-state index contributed by atoms with van der Waals surface area (Å²) in [7, 11) is 0. The number of fused-ring (bicyclic) bond motifs is 1. The largest absolute Gasteiger partial charge is 0.508 e. The van der Waals surface area contributed by atoms with Crippen molar-refractivity contribution in [3.8, 4) is 5.75 Å². The van der Waals surface area contributed by atoms with E-state index in [2.05, 4.69) is 5.32 Å². The molecule has 0 spiro atoms. The fourth-order valence-corrected chi connectivity index (χ4v) is 2.74. The molecule has 0 fully saturated rings. The molecule has 1 aromatic heterocycles. The summed E-state index contributed by atoms with van der Waals surface area (Å²) in [6.07, 6.45) is 2.08. The third-order valence-corrected chi connectivity index (χ3v) is 4.24. The molecule has 2 N–H and O–H groups in total. The second-order valence-electron chi connectivity index (χ2n) is 6.01. The van der Waals surface area contributed by atoms with Gasteiger partial charge in [0, 0.05) is 28.6 Å². The molecular weight excluding hydrogens is 370 g/mol. The summed E-state index contributed by atoms with van der Waals surface area (Å²) in [5.74, 6) is -0.806. The Labute approximate surface area is 160 Å². The maximum absolute atomic E-state index is 11.9. The van der Waals surface area contributed by atoms with Crippen molar-refractivity contribution >= 4 is 34.4 Å². The Bertz CT molecular complexity index is 949. The van der Waals surface area contributed by atoms with Crippen molar-refractivity contribution in [2.75, 3.05) is 13.2 Å². The maximum Gasteiger partial charge on any atom is 0.310 e. The number of aromatic hydroxyl groups is 1. The maximum atomic E-state index is 11.9. The molecule has 0 bridgehead atoms.